The summed E-state index contributed by atoms with van der Waals surface area (Å²) in [6, 6.07) is 15.4. The average molecular weight is 557 g/mol. The van der Waals surface area contributed by atoms with Gasteiger partial charge in [-0.2, -0.15) is 0 Å². The number of nitrogens with zero attached hydrogens (tertiary/aromatic N) is 1. The van der Waals surface area contributed by atoms with Crippen LogP contribution in [0.25, 0.3) is 0 Å². The molecule has 0 aliphatic carbocycles. The molecule has 1 N–H and O–H groups in total. The molecule has 9 heteroatoms. The predicted molar refractivity (Wildman–Crippen MR) is 148 cm³/mol. The number of benzene rings is 3. The zero-order valence-corrected chi connectivity index (χ0v) is 22.9. The van der Waals surface area contributed by atoms with Crippen LogP contribution in [0, 0.1) is 17.5 Å². The van der Waals surface area contributed by atoms with Gasteiger partial charge in [0, 0.05) is 26.3 Å². The Hall–Kier alpha value is -4.01. The molecule has 0 spiro atoms. The van der Waals surface area contributed by atoms with Crippen molar-refractivity contribution in [1.82, 2.24) is 5.32 Å². The first-order valence-corrected chi connectivity index (χ1v) is 13.4. The topological polar surface area (TPSA) is 67.9 Å². The summed E-state index contributed by atoms with van der Waals surface area (Å²) < 4.78 is 50.5. The number of ether oxygens (including phenoxy) is 2. The number of hydrogen-bond acceptors (Lipinski definition) is 5. The van der Waals surface area contributed by atoms with Gasteiger partial charge < -0.3 is 19.7 Å². The summed E-state index contributed by atoms with van der Waals surface area (Å²) in [4.78, 5) is 26.2. The number of carbonyl (C=O) groups excluding carboxylic acids is 2. The second-order valence-electron chi connectivity index (χ2n) is 9.67. The summed E-state index contributed by atoms with van der Waals surface area (Å²) in [6.45, 7) is 1.22. The number of rotatable bonds is 15. The quantitative estimate of drug-likeness (QED) is 0.101. The van der Waals surface area contributed by atoms with Crippen molar-refractivity contribution in [3.8, 4) is 11.5 Å². The molecule has 0 aliphatic rings. The number of unbranched alkanes of at least 4 members (excludes halogenated alkanes) is 5. The Balaban J connectivity index is 1.21. The Kier molecular flexibility index (Phi) is 11.9. The average Bonchev–Trinajstić information content (AvgIpc) is 2.93. The van der Waals surface area contributed by atoms with Gasteiger partial charge in [-0.3, -0.25) is 4.79 Å². The molecule has 0 saturated carbocycles. The van der Waals surface area contributed by atoms with Gasteiger partial charge in [-0.1, -0.05) is 37.8 Å². The lowest BCUT2D eigenvalue weighted by Gasteiger charge is -2.12. The maximum absolute atomic E-state index is 13.3. The van der Waals surface area contributed by atoms with Gasteiger partial charge in [0.1, 0.15) is 11.5 Å². The van der Waals surface area contributed by atoms with Gasteiger partial charge in [-0.25, -0.2) is 18.0 Å². The van der Waals surface area contributed by atoms with Crippen LogP contribution >= 0.6 is 0 Å². The SMILES string of the molecule is CN(C)c1ccc(CC(=O)NCCCCCCCCOc2ccc(OC(=O)c3cc(F)c(F)c(F)c3)cc2)cc1. The molecule has 3 aromatic carbocycles. The van der Waals surface area contributed by atoms with Crippen LogP contribution < -0.4 is 19.7 Å². The van der Waals surface area contributed by atoms with E-state index in [9.17, 15) is 22.8 Å². The Labute approximate surface area is 233 Å². The Morgan fingerprint density at radius 1 is 0.775 bits per heavy atom. The lowest BCUT2D eigenvalue weighted by molar-refractivity contribution is -0.120. The molecular formula is C31H35F3N2O4. The van der Waals surface area contributed by atoms with Crippen LogP contribution in [0.3, 0.4) is 0 Å². The number of anilines is 1. The molecule has 214 valence electrons. The minimum atomic E-state index is -1.64. The summed E-state index contributed by atoms with van der Waals surface area (Å²) in [5.41, 5.74) is 1.68. The first kappa shape index (κ1) is 30.5. The monoisotopic (exact) mass is 556 g/mol. The minimum Gasteiger partial charge on any atom is -0.494 e. The van der Waals surface area contributed by atoms with Gasteiger partial charge in [0.25, 0.3) is 0 Å². The number of esters is 1. The molecule has 0 unspecified atom stereocenters. The molecule has 0 heterocycles. The van der Waals surface area contributed by atoms with Crippen molar-refractivity contribution in [1.29, 1.82) is 0 Å². The van der Waals surface area contributed by atoms with E-state index in [1.807, 2.05) is 43.3 Å². The fourth-order valence-electron chi connectivity index (χ4n) is 3.96. The highest BCUT2D eigenvalue weighted by Crippen LogP contribution is 2.21. The molecule has 0 fully saturated rings. The van der Waals surface area contributed by atoms with Gasteiger partial charge in [0.15, 0.2) is 17.5 Å². The van der Waals surface area contributed by atoms with Crippen molar-refractivity contribution in [3.63, 3.8) is 0 Å². The number of hydrogen-bond donors (Lipinski definition) is 1. The first-order valence-electron chi connectivity index (χ1n) is 13.4. The van der Waals surface area contributed by atoms with Gasteiger partial charge in [0.2, 0.25) is 5.91 Å². The van der Waals surface area contributed by atoms with Crippen molar-refractivity contribution >= 4 is 17.6 Å². The molecule has 3 rings (SSSR count). The van der Waals surface area contributed by atoms with E-state index in [1.54, 1.807) is 12.1 Å². The van der Waals surface area contributed by atoms with E-state index < -0.39 is 29.0 Å². The van der Waals surface area contributed by atoms with Crippen LogP contribution in [0.1, 0.15) is 54.4 Å². The van der Waals surface area contributed by atoms with Crippen LogP contribution in [-0.4, -0.2) is 39.1 Å². The third kappa shape index (κ3) is 9.94. The highest BCUT2D eigenvalue weighted by Gasteiger charge is 2.16. The largest absolute Gasteiger partial charge is 0.494 e. The van der Waals surface area contributed by atoms with E-state index >= 15 is 0 Å². The van der Waals surface area contributed by atoms with Crippen LogP contribution in [0.5, 0.6) is 11.5 Å². The van der Waals surface area contributed by atoms with E-state index in [0.29, 0.717) is 37.5 Å². The second-order valence-corrected chi connectivity index (χ2v) is 9.67. The molecule has 0 atom stereocenters. The van der Waals surface area contributed by atoms with Crippen molar-refractivity contribution in [2.45, 2.75) is 44.9 Å². The van der Waals surface area contributed by atoms with Crippen LogP contribution in [0.2, 0.25) is 0 Å². The number of halogens is 3. The first-order chi connectivity index (χ1) is 19.2. The summed E-state index contributed by atoms with van der Waals surface area (Å²) in [5, 5.41) is 2.99. The van der Waals surface area contributed by atoms with Crippen molar-refractivity contribution in [2.24, 2.45) is 0 Å². The molecule has 40 heavy (non-hydrogen) atoms. The molecule has 0 saturated heterocycles. The van der Waals surface area contributed by atoms with E-state index in [1.165, 1.54) is 12.1 Å². The molecular weight excluding hydrogens is 521 g/mol. The third-order valence-corrected chi connectivity index (χ3v) is 6.23. The second kappa shape index (κ2) is 15.5. The Morgan fingerprint density at radius 3 is 1.98 bits per heavy atom. The number of amides is 1. The maximum atomic E-state index is 13.3. The van der Waals surface area contributed by atoms with Crippen LogP contribution in [0.15, 0.2) is 60.7 Å². The van der Waals surface area contributed by atoms with Crippen LogP contribution in [-0.2, 0) is 11.2 Å². The van der Waals surface area contributed by atoms with Crippen LogP contribution in [0.4, 0.5) is 18.9 Å². The van der Waals surface area contributed by atoms with E-state index in [0.717, 1.165) is 49.8 Å². The van der Waals surface area contributed by atoms with Gasteiger partial charge in [-0.05, 0) is 66.9 Å². The highest BCUT2D eigenvalue weighted by atomic mass is 19.2. The zero-order valence-electron chi connectivity index (χ0n) is 22.9. The normalized spacial score (nSPS) is 10.7. The molecule has 3 aromatic rings. The standard InChI is InChI=1S/C31H35F3N2O4/c1-36(2)24-11-9-22(10-12-24)19-29(37)35-17-7-5-3-4-6-8-18-39-25-13-15-26(16-14-25)40-31(38)23-20-27(32)30(34)28(33)21-23/h9-16,20-21H,3-8,17-19H2,1-2H3,(H,35,37). The lowest BCUT2D eigenvalue weighted by atomic mass is 10.1. The van der Waals surface area contributed by atoms with E-state index in [-0.39, 0.29) is 11.7 Å². The Bertz CT molecular complexity index is 1230. The molecule has 0 aromatic heterocycles. The summed E-state index contributed by atoms with van der Waals surface area (Å²) in [5.74, 6) is -4.76. The van der Waals surface area contributed by atoms with Crippen molar-refractivity contribution in [2.75, 3.05) is 32.1 Å². The summed E-state index contributed by atoms with van der Waals surface area (Å²) in [6.07, 6.45) is 6.47. The zero-order chi connectivity index (χ0) is 28.9. The number of nitrogens with one attached hydrogen (secondary N) is 1. The van der Waals surface area contributed by atoms with Crippen molar-refractivity contribution in [3.05, 3.63) is 89.2 Å². The lowest BCUT2D eigenvalue weighted by Crippen LogP contribution is -2.26. The molecule has 0 bridgehead atoms. The van der Waals surface area contributed by atoms with Gasteiger partial charge in [0.05, 0.1) is 18.6 Å². The highest BCUT2D eigenvalue weighted by molar-refractivity contribution is 5.91. The molecule has 1 amide bonds. The van der Waals surface area contributed by atoms with Gasteiger partial charge in [-0.15, -0.1) is 0 Å². The van der Waals surface area contributed by atoms with Crippen molar-refractivity contribution < 1.29 is 32.2 Å². The number of carbonyl (C=O) groups is 2. The third-order valence-electron chi connectivity index (χ3n) is 6.23. The molecule has 0 aliphatic heterocycles. The smallest absolute Gasteiger partial charge is 0.343 e. The predicted octanol–water partition coefficient (Wildman–Crippen LogP) is 6.47. The van der Waals surface area contributed by atoms with E-state index in [4.69, 9.17) is 9.47 Å². The maximum Gasteiger partial charge on any atom is 0.343 e. The fraction of sp³-hybridized carbons (Fsp3) is 0.355. The van der Waals surface area contributed by atoms with Gasteiger partial charge >= 0.3 is 5.97 Å². The minimum absolute atomic E-state index is 0.0413. The Morgan fingerprint density at radius 2 is 1.35 bits per heavy atom. The summed E-state index contributed by atoms with van der Waals surface area (Å²) in [7, 11) is 3.97. The summed E-state index contributed by atoms with van der Waals surface area (Å²) >= 11 is 0. The molecule has 6 nitrogen and oxygen atoms in total. The van der Waals surface area contributed by atoms with E-state index in [2.05, 4.69) is 5.32 Å². The molecule has 0 radical (unpaired) electrons. The fourth-order valence-corrected chi connectivity index (χ4v) is 3.96.